The van der Waals surface area contributed by atoms with Gasteiger partial charge in [-0.25, -0.2) is 0 Å². The van der Waals surface area contributed by atoms with Gasteiger partial charge in [0.2, 0.25) is 0 Å². The van der Waals surface area contributed by atoms with Crippen molar-refractivity contribution in [3.05, 3.63) is 240 Å². The lowest BCUT2D eigenvalue weighted by molar-refractivity contribution is 0.547. The van der Waals surface area contributed by atoms with Crippen LogP contribution in [0.2, 0.25) is 0 Å². The lowest BCUT2D eigenvalue weighted by Crippen LogP contribution is -2.25. The van der Waals surface area contributed by atoms with Gasteiger partial charge in [0.25, 0.3) is 0 Å². The van der Waals surface area contributed by atoms with Crippen LogP contribution >= 0.6 is 0 Å². The highest BCUT2D eigenvalue weighted by atomic mass is 15.0. The summed E-state index contributed by atoms with van der Waals surface area (Å²) in [6.45, 7) is 2.24. The van der Waals surface area contributed by atoms with E-state index in [2.05, 4.69) is 223 Å². The van der Waals surface area contributed by atoms with Crippen LogP contribution in [-0.4, -0.2) is 9.55 Å². The Morgan fingerprint density at radius 3 is 1.68 bits per heavy atom. The quantitative estimate of drug-likeness (QED) is 0.182. The van der Waals surface area contributed by atoms with Crippen LogP contribution in [0, 0.1) is 12.8 Å². The maximum atomic E-state index is 4.15. The molecule has 1 N–H and O–H groups in total. The molecule has 4 aliphatic rings. The highest BCUT2D eigenvalue weighted by molar-refractivity contribution is 6.21. The van der Waals surface area contributed by atoms with Crippen molar-refractivity contribution < 1.29 is 0 Å². The molecule has 2 aromatic heterocycles. The molecule has 1 aliphatic heterocycles. The fourth-order valence-corrected chi connectivity index (χ4v) is 13.6. The molecule has 3 heterocycles. The Hall–Kier alpha value is -8.20. The molecule has 1 saturated carbocycles. The lowest BCUT2D eigenvalue weighted by atomic mass is 9.70. The zero-order valence-corrected chi connectivity index (χ0v) is 37.6. The molecule has 0 bridgehead atoms. The Morgan fingerprint density at radius 2 is 0.956 bits per heavy atom. The molecule has 0 saturated heterocycles. The number of nitrogens with zero attached hydrogens (tertiary/aromatic N) is 1. The minimum Gasteiger partial charge on any atom is -0.353 e. The molecule has 16 rings (SSSR count). The summed E-state index contributed by atoms with van der Waals surface area (Å²) in [7, 11) is 0. The topological polar surface area (TPSA) is 20.7 Å². The van der Waals surface area contributed by atoms with Gasteiger partial charge in [0, 0.05) is 43.8 Å². The number of hydrogen-bond acceptors (Lipinski definition) is 0. The zero-order valence-electron chi connectivity index (χ0n) is 37.6. The van der Waals surface area contributed by atoms with Crippen LogP contribution in [-0.2, 0) is 5.41 Å². The summed E-state index contributed by atoms with van der Waals surface area (Å²) in [5, 5.41) is 5.23. The average Bonchev–Trinajstić information content (AvgIpc) is 3.86. The van der Waals surface area contributed by atoms with Crippen molar-refractivity contribution in [1.29, 1.82) is 0 Å². The Balaban J connectivity index is 0.968. The number of H-pyrrole nitrogens is 1. The van der Waals surface area contributed by atoms with Crippen molar-refractivity contribution in [2.24, 2.45) is 5.92 Å². The summed E-state index contributed by atoms with van der Waals surface area (Å²) in [6.07, 6.45) is 2.51. The SMILES string of the molecule is Cc1ccc(-c2ccccc2)cc1-c1cccc2c1[nH]c1c3c(ccc12)C1(c2ccccc2-3)c2ccccc2-c2c1ccc1c3cccc4c3n(c21)C(C1CC1)c1ccc(-c2ccccc2)cc1-4. The second-order valence-corrected chi connectivity index (χ2v) is 19.9. The van der Waals surface area contributed by atoms with E-state index in [1.165, 1.54) is 157 Å². The Labute approximate surface area is 394 Å². The number of nitrogens with one attached hydrogen (secondary N) is 1. The van der Waals surface area contributed by atoms with Gasteiger partial charge in [0.1, 0.15) is 0 Å². The van der Waals surface area contributed by atoms with E-state index >= 15 is 0 Å². The zero-order chi connectivity index (χ0) is 44.4. The molecule has 318 valence electrons. The Kier molecular flexibility index (Phi) is 7.20. The van der Waals surface area contributed by atoms with Crippen molar-refractivity contribution in [2.45, 2.75) is 31.2 Å². The van der Waals surface area contributed by atoms with Crippen LogP contribution in [0.5, 0.6) is 0 Å². The normalized spacial score (nSPS) is 17.2. The minimum atomic E-state index is -0.493. The van der Waals surface area contributed by atoms with Gasteiger partial charge in [0.05, 0.1) is 33.5 Å². The van der Waals surface area contributed by atoms with Gasteiger partial charge >= 0.3 is 0 Å². The van der Waals surface area contributed by atoms with E-state index in [4.69, 9.17) is 0 Å². The molecule has 0 radical (unpaired) electrons. The molecule has 68 heavy (non-hydrogen) atoms. The number of hydrogen-bond donors (Lipinski definition) is 1. The number of rotatable bonds is 4. The molecule has 2 atom stereocenters. The third-order valence-corrected chi connectivity index (χ3v) is 16.6. The van der Waals surface area contributed by atoms with Crippen molar-refractivity contribution in [3.8, 4) is 66.8 Å². The Morgan fingerprint density at radius 1 is 0.397 bits per heavy atom. The van der Waals surface area contributed by atoms with E-state index in [0.717, 1.165) is 0 Å². The largest absolute Gasteiger partial charge is 0.353 e. The second-order valence-electron chi connectivity index (χ2n) is 19.9. The molecule has 1 fully saturated rings. The first-order chi connectivity index (χ1) is 33.7. The summed E-state index contributed by atoms with van der Waals surface area (Å²) in [6, 6.07) is 78.7. The van der Waals surface area contributed by atoms with E-state index in [1.807, 2.05) is 0 Å². The number of aryl methyl sites for hydroxylation is 1. The van der Waals surface area contributed by atoms with Crippen molar-refractivity contribution in [2.75, 3.05) is 0 Å². The van der Waals surface area contributed by atoms with Crippen molar-refractivity contribution in [3.63, 3.8) is 0 Å². The summed E-state index contributed by atoms with van der Waals surface area (Å²) in [5.41, 5.74) is 28.5. The highest BCUT2D eigenvalue weighted by Gasteiger charge is 2.53. The smallest absolute Gasteiger partial charge is 0.0727 e. The molecule has 0 amide bonds. The van der Waals surface area contributed by atoms with E-state index in [0.29, 0.717) is 5.92 Å². The van der Waals surface area contributed by atoms with E-state index < -0.39 is 5.41 Å². The summed E-state index contributed by atoms with van der Waals surface area (Å²) >= 11 is 0. The van der Waals surface area contributed by atoms with E-state index in [9.17, 15) is 0 Å². The summed E-state index contributed by atoms with van der Waals surface area (Å²) < 4.78 is 2.83. The second kappa shape index (κ2) is 13.2. The fourth-order valence-electron chi connectivity index (χ4n) is 13.6. The molecular formula is C66H44N2. The van der Waals surface area contributed by atoms with E-state index in [-0.39, 0.29) is 6.04 Å². The van der Waals surface area contributed by atoms with Crippen LogP contribution in [0.25, 0.3) is 110 Å². The maximum absolute atomic E-state index is 4.15. The first kappa shape index (κ1) is 37.0. The first-order valence-corrected chi connectivity index (χ1v) is 24.4. The number of aromatic amines is 1. The van der Waals surface area contributed by atoms with Crippen LogP contribution in [0.4, 0.5) is 0 Å². The number of benzene rings is 10. The fraction of sp³-hybridized carbons (Fsp3) is 0.0909. The molecular weight excluding hydrogens is 821 g/mol. The molecule has 12 aromatic rings. The number of fused-ring (bicyclic) bond motifs is 20. The predicted octanol–water partition coefficient (Wildman–Crippen LogP) is 17.1. The maximum Gasteiger partial charge on any atom is 0.0727 e. The van der Waals surface area contributed by atoms with Crippen LogP contribution < -0.4 is 0 Å². The Bertz CT molecular complexity index is 4160. The van der Waals surface area contributed by atoms with Gasteiger partial charge in [-0.3, -0.25) is 0 Å². The van der Waals surface area contributed by atoms with E-state index in [1.54, 1.807) is 0 Å². The highest BCUT2D eigenvalue weighted by Crippen LogP contribution is 2.66. The molecule has 10 aromatic carbocycles. The predicted molar refractivity (Wildman–Crippen MR) is 282 cm³/mol. The van der Waals surface area contributed by atoms with Gasteiger partial charge < -0.3 is 9.55 Å². The van der Waals surface area contributed by atoms with Crippen LogP contribution in [0.3, 0.4) is 0 Å². The van der Waals surface area contributed by atoms with Gasteiger partial charge in [-0.15, -0.1) is 0 Å². The minimum absolute atomic E-state index is 0.264. The van der Waals surface area contributed by atoms with Crippen LogP contribution in [0.15, 0.2) is 206 Å². The van der Waals surface area contributed by atoms with Gasteiger partial charge in [-0.2, -0.15) is 0 Å². The average molecular weight is 865 g/mol. The van der Waals surface area contributed by atoms with Crippen LogP contribution in [0.1, 0.15) is 52.3 Å². The molecule has 1 spiro atoms. The molecule has 3 aliphatic carbocycles. The van der Waals surface area contributed by atoms with Gasteiger partial charge in [-0.1, -0.05) is 194 Å². The van der Waals surface area contributed by atoms with Crippen molar-refractivity contribution in [1.82, 2.24) is 9.55 Å². The number of aromatic nitrogens is 2. The van der Waals surface area contributed by atoms with Crippen molar-refractivity contribution >= 4 is 43.6 Å². The van der Waals surface area contributed by atoms with Gasteiger partial charge in [-0.05, 0) is 116 Å². The third kappa shape index (κ3) is 4.62. The molecule has 2 nitrogen and oxygen atoms in total. The first-order valence-electron chi connectivity index (χ1n) is 24.4. The summed E-state index contributed by atoms with van der Waals surface area (Å²) in [4.78, 5) is 4.15. The molecule has 2 heteroatoms. The lowest BCUT2D eigenvalue weighted by Gasteiger charge is -2.32. The molecule has 2 unspecified atom stereocenters. The standard InChI is InChI=1S/C66H44N2/c1-38-26-27-42(39-14-4-2-5-15-39)36-53(38)45-21-12-20-44-46-32-34-57-59(62(46)67-61(44)45)51-18-8-10-24-55(51)66(57)56-25-11-9-19-52(56)60-58(66)35-33-49-47-22-13-23-48-54-37-43(40-16-6-3-7-17-40)30-31-50(54)63(41-28-29-41)68(64(47)48)65(49)60/h2-27,30-37,41,63,67H,28-29H2,1H3. The monoisotopic (exact) mass is 864 g/mol. The van der Waals surface area contributed by atoms with Gasteiger partial charge in [0.15, 0.2) is 0 Å². The summed E-state index contributed by atoms with van der Waals surface area (Å²) in [5.74, 6) is 0.600. The third-order valence-electron chi connectivity index (χ3n) is 16.6. The number of para-hydroxylation sites is 2.